The molecule has 3 aromatic heterocycles. The van der Waals surface area contributed by atoms with Crippen LogP contribution >= 0.6 is 0 Å². The molecule has 0 aliphatic heterocycles. The van der Waals surface area contributed by atoms with Crippen LogP contribution in [0, 0.1) is 0 Å². The minimum atomic E-state index is -0.447. The smallest absolute Gasteiger partial charge is 0.136 e. The van der Waals surface area contributed by atoms with Crippen molar-refractivity contribution in [1.82, 2.24) is 0 Å². The first-order valence-electron chi connectivity index (χ1n) is 52.6. The molecule has 0 N–H and O–H groups in total. The van der Waals surface area contributed by atoms with Crippen LogP contribution in [0.1, 0.15) is 27.4 Å². The average molecular weight is 1660 g/mol. The Labute approximate surface area is 774 Å². The third kappa shape index (κ3) is 13.6. The second kappa shape index (κ2) is 32.3. The summed E-state index contributed by atoms with van der Waals surface area (Å²) in [6.45, 7) is 0. The summed E-state index contributed by atoms with van der Waals surface area (Å²) in [5.74, 6) is 0. The number of fused-ring (bicyclic) bond motifs is 15. The Morgan fingerprint density at radius 3 is 0.589 bits per heavy atom. The summed E-state index contributed by atoms with van der Waals surface area (Å²) in [4.78, 5) is 0. The number of hydrogen-bond acceptors (Lipinski definition) is 3. The van der Waals surface area contributed by atoms with Crippen LogP contribution in [-0.2, 0) is 0 Å². The van der Waals surface area contributed by atoms with Crippen molar-refractivity contribution in [2.24, 2.45) is 0 Å². The number of furan rings is 3. The zero-order valence-corrected chi connectivity index (χ0v) is 68.9. The summed E-state index contributed by atoms with van der Waals surface area (Å²) in [5.41, 5.74) is 22.2. The van der Waals surface area contributed by atoms with E-state index < -0.39 is 36.3 Å². The minimum absolute atomic E-state index is 0.103. The van der Waals surface area contributed by atoms with Gasteiger partial charge < -0.3 is 13.3 Å². The van der Waals surface area contributed by atoms with Crippen LogP contribution in [-0.4, -0.2) is 0 Å². The lowest BCUT2D eigenvalue weighted by Gasteiger charge is -2.17. The van der Waals surface area contributed by atoms with Gasteiger partial charge in [-0.2, -0.15) is 0 Å². The molecule has 0 saturated carbocycles. The number of rotatable bonds is 11. The normalized spacial score (nSPS) is 13.7. The van der Waals surface area contributed by atoms with Crippen molar-refractivity contribution >= 4 is 130 Å². The molecule has 0 fully saturated rings. The van der Waals surface area contributed by atoms with Gasteiger partial charge in [0.15, 0.2) is 0 Å². The molecule has 0 aliphatic rings. The fourth-order valence-corrected chi connectivity index (χ4v) is 18.9. The first kappa shape index (κ1) is 57.5. The molecule has 0 unspecified atom stereocenters. The lowest BCUT2D eigenvalue weighted by molar-refractivity contribution is 0.668. The fraction of sp³-hybridized carbons (Fsp3) is 0. The summed E-state index contributed by atoms with van der Waals surface area (Å²) in [5, 5.41) is 15.8. The lowest BCUT2D eigenvalue weighted by Crippen LogP contribution is -1.90. The van der Waals surface area contributed by atoms with Gasteiger partial charge in [0, 0.05) is 32.3 Å². The Morgan fingerprint density at radius 2 is 0.302 bits per heavy atom. The standard InChI is InChI=1S/2C44H28O.C38H24O/c1-3-11-29(12-4-1)30-19-21-31(22-20-30)33-23-25-35-40-27-34(24-26-41(40)45-42(35)28-33)44-38-17-9-7-15-36(38)43(32-13-5-2-6-14-32)37-16-8-10-18-39(37)44;1-3-11-29(12-4-1)30-19-21-31(22-20-30)33-23-25-41-39(27-33)40-28-34(24-26-42(40)45-41)44-37-17-9-7-15-35(37)43(32-13-5-2-6-14-32)36-16-8-10-18-38(36)44;1-3-11-25(12-4-1)27-19-21-29-34-23-28(20-22-35(34)39-36(29)24-27)38-32-17-9-7-15-30(32)37(26-13-5-2-6-14-26)31-16-8-10-18-33(31)38/h2*1-28H;1-24H/i2*2D,5D,6D,13D,14D;1D,2D,3D,4D,5D,6D,11D,12D,13D,14D. The van der Waals surface area contributed by atoms with Gasteiger partial charge in [0.05, 0.1) is 27.4 Å². The van der Waals surface area contributed by atoms with Gasteiger partial charge in [-0.25, -0.2) is 0 Å². The molecule has 0 radical (unpaired) electrons. The van der Waals surface area contributed by atoms with Gasteiger partial charge in [-0.3, -0.25) is 0 Å². The van der Waals surface area contributed by atoms with E-state index in [4.69, 9.17) is 40.7 Å². The van der Waals surface area contributed by atoms with E-state index >= 15 is 0 Å². The molecular weight excluding hydrogens is 1560 g/mol. The SMILES string of the molecule is [2H]c1c([2H])c([2H])c(-c2c3ccccc3c(-c3ccc4oc5cc(-c6ccc(-c7ccccc7)cc6)ccc5c4c3)c3ccccc23)c([2H])c1[2H].[2H]c1c([2H])c([2H])c(-c2c3ccccc3c(-c3ccc4oc5ccc(-c6ccc(-c7ccccc7)cc6)cc5c4c3)c3ccccc23)c([2H])c1[2H].[2H]c1c([2H])c([2H])c(-c2ccc3c(c2)oc2ccc(-c4c5ccccc5c(-c5c([2H])c([2H])c([2H])c([2H])c5[2H])c5ccccc45)cc23)c([2H])c1[2H]. The maximum absolute atomic E-state index is 8.84. The van der Waals surface area contributed by atoms with Gasteiger partial charge in [-0.15, -0.1) is 0 Å². The van der Waals surface area contributed by atoms with Gasteiger partial charge in [-0.05, 0) is 260 Å². The molecule has 3 heterocycles. The van der Waals surface area contributed by atoms with Gasteiger partial charge in [0.1, 0.15) is 33.5 Å². The first-order chi connectivity index (χ1) is 72.3. The molecule has 0 bridgehead atoms. The summed E-state index contributed by atoms with van der Waals surface area (Å²) in [6, 6.07) is 115. The second-order valence-electron chi connectivity index (χ2n) is 32.0. The summed E-state index contributed by atoms with van der Waals surface area (Å²) in [6.07, 6.45) is 0. The van der Waals surface area contributed by atoms with E-state index in [0.717, 1.165) is 175 Å². The highest BCUT2D eigenvalue weighted by Gasteiger charge is 2.24. The Morgan fingerprint density at radius 1 is 0.116 bits per heavy atom. The van der Waals surface area contributed by atoms with E-state index in [2.05, 4.69) is 152 Å². The Hall–Kier alpha value is -17.0. The highest BCUT2D eigenvalue weighted by atomic mass is 16.3. The van der Waals surface area contributed by atoms with Gasteiger partial charge in [0.25, 0.3) is 0 Å². The topological polar surface area (TPSA) is 39.4 Å². The highest BCUT2D eigenvalue weighted by Crippen LogP contribution is 2.50. The predicted molar refractivity (Wildman–Crippen MR) is 546 cm³/mol. The number of benzene rings is 23. The zero-order valence-electron chi connectivity index (χ0n) is 88.9. The van der Waals surface area contributed by atoms with Gasteiger partial charge >= 0.3 is 0 Å². The quantitative estimate of drug-likeness (QED) is 0.121. The second-order valence-corrected chi connectivity index (χ2v) is 32.0. The minimum Gasteiger partial charge on any atom is -0.456 e. The molecule has 0 saturated heterocycles. The van der Waals surface area contributed by atoms with Crippen molar-refractivity contribution in [3.05, 3.63) is 485 Å². The molecule has 129 heavy (non-hydrogen) atoms. The van der Waals surface area contributed by atoms with E-state index in [-0.39, 0.29) is 107 Å². The summed E-state index contributed by atoms with van der Waals surface area (Å²) >= 11 is 0. The van der Waals surface area contributed by atoms with Crippen LogP contribution in [0.5, 0.6) is 0 Å². The molecular formula is C126H80O3. The molecule has 26 aromatic rings. The Balaban J connectivity index is 0.000000119. The van der Waals surface area contributed by atoms with E-state index in [1.807, 2.05) is 200 Å². The summed E-state index contributed by atoms with van der Waals surface area (Å²) < 4.78 is 188. The molecule has 23 aromatic carbocycles. The maximum atomic E-state index is 8.84. The molecule has 0 spiro atoms. The van der Waals surface area contributed by atoms with Crippen LogP contribution in [0.25, 0.3) is 253 Å². The molecule has 0 atom stereocenters. The highest BCUT2D eigenvalue weighted by molar-refractivity contribution is 6.26. The third-order valence-corrected chi connectivity index (χ3v) is 24.8. The molecule has 3 nitrogen and oxygen atoms in total. The van der Waals surface area contributed by atoms with Gasteiger partial charge in [-0.1, -0.05) is 412 Å². The number of hydrogen-bond donors (Lipinski definition) is 0. The van der Waals surface area contributed by atoms with Crippen molar-refractivity contribution in [1.29, 1.82) is 0 Å². The molecule has 602 valence electrons. The van der Waals surface area contributed by atoms with Crippen molar-refractivity contribution in [3.63, 3.8) is 0 Å². The van der Waals surface area contributed by atoms with Crippen molar-refractivity contribution in [3.8, 4) is 122 Å². The zero-order chi connectivity index (χ0) is 103. The van der Waals surface area contributed by atoms with Crippen LogP contribution in [0.3, 0.4) is 0 Å². The largest absolute Gasteiger partial charge is 0.456 e. The van der Waals surface area contributed by atoms with Crippen molar-refractivity contribution in [2.75, 3.05) is 0 Å². The Bertz CT molecular complexity index is 9870. The van der Waals surface area contributed by atoms with Crippen LogP contribution in [0.2, 0.25) is 0 Å². The van der Waals surface area contributed by atoms with E-state index in [1.54, 1.807) is 12.1 Å². The Kier molecular flexibility index (Phi) is 14.4. The molecule has 0 amide bonds. The van der Waals surface area contributed by atoms with E-state index in [1.165, 1.54) is 22.3 Å². The fourth-order valence-electron chi connectivity index (χ4n) is 18.9. The van der Waals surface area contributed by atoms with E-state index in [9.17, 15) is 0 Å². The first-order valence-corrected chi connectivity index (χ1v) is 42.6. The monoisotopic (exact) mass is 1660 g/mol. The lowest BCUT2D eigenvalue weighted by atomic mass is 9.86. The third-order valence-electron chi connectivity index (χ3n) is 24.8. The van der Waals surface area contributed by atoms with Crippen LogP contribution < -0.4 is 0 Å². The molecule has 26 rings (SSSR count). The van der Waals surface area contributed by atoms with Crippen molar-refractivity contribution in [2.45, 2.75) is 0 Å². The molecule has 0 aliphatic carbocycles. The van der Waals surface area contributed by atoms with Crippen molar-refractivity contribution < 1.29 is 40.7 Å². The van der Waals surface area contributed by atoms with Crippen LogP contribution in [0.4, 0.5) is 0 Å². The average Bonchev–Trinajstić information content (AvgIpc) is 1.43. The van der Waals surface area contributed by atoms with Crippen LogP contribution in [0.15, 0.2) is 498 Å². The van der Waals surface area contributed by atoms with E-state index in [0.29, 0.717) is 33.4 Å². The maximum Gasteiger partial charge on any atom is 0.136 e. The summed E-state index contributed by atoms with van der Waals surface area (Å²) in [7, 11) is 0. The predicted octanol–water partition coefficient (Wildman–Crippen LogP) is 36.0. The van der Waals surface area contributed by atoms with Gasteiger partial charge in [0.2, 0.25) is 0 Å². The molecule has 3 heteroatoms.